The van der Waals surface area contributed by atoms with Gasteiger partial charge >= 0.3 is 0 Å². The number of benzene rings is 1. The maximum absolute atomic E-state index is 13.7. The van der Waals surface area contributed by atoms with Crippen LogP contribution in [-0.4, -0.2) is 29.8 Å². The maximum atomic E-state index is 13.7. The zero-order valence-corrected chi connectivity index (χ0v) is 16.3. The van der Waals surface area contributed by atoms with Crippen LogP contribution < -0.4 is 5.32 Å². The number of fused-ring (bicyclic) bond motifs is 1. The molecule has 2 aromatic rings. The molecule has 1 aromatic carbocycles. The quantitative estimate of drug-likeness (QED) is 0.845. The molecule has 0 spiro atoms. The lowest BCUT2D eigenvalue weighted by Crippen LogP contribution is -2.33. The molecule has 0 radical (unpaired) electrons. The number of thiophene rings is 1. The van der Waals surface area contributed by atoms with Crippen LogP contribution in [0.25, 0.3) is 0 Å². The highest BCUT2D eigenvalue weighted by molar-refractivity contribution is 7.14. The van der Waals surface area contributed by atoms with Gasteiger partial charge in [-0.25, -0.2) is 8.78 Å². The number of likely N-dealkylation sites (tertiary alicyclic amines) is 1. The molecule has 2 amide bonds. The molecule has 4 nitrogen and oxygen atoms in total. The summed E-state index contributed by atoms with van der Waals surface area (Å²) in [6, 6.07) is 5.16. The summed E-state index contributed by atoms with van der Waals surface area (Å²) in [4.78, 5) is 29.0. The van der Waals surface area contributed by atoms with Gasteiger partial charge in [0.1, 0.15) is 11.6 Å². The van der Waals surface area contributed by atoms with Crippen LogP contribution in [-0.2, 0) is 24.2 Å². The third-order valence-electron chi connectivity index (χ3n) is 5.52. The van der Waals surface area contributed by atoms with E-state index in [0.29, 0.717) is 12.8 Å². The second kappa shape index (κ2) is 7.99. The smallest absolute Gasteiger partial charge is 0.263 e. The van der Waals surface area contributed by atoms with Crippen molar-refractivity contribution in [2.45, 2.75) is 38.6 Å². The Labute approximate surface area is 166 Å². The predicted molar refractivity (Wildman–Crippen MR) is 103 cm³/mol. The minimum absolute atomic E-state index is 0.0336. The van der Waals surface area contributed by atoms with Gasteiger partial charge in [0.25, 0.3) is 5.91 Å². The molecular formula is C21H22F2N2O2S. The predicted octanol–water partition coefficient (Wildman–Crippen LogP) is 3.68. The lowest BCUT2D eigenvalue weighted by atomic mass is 9.87. The fourth-order valence-corrected chi connectivity index (χ4v) is 5.11. The van der Waals surface area contributed by atoms with Crippen LogP contribution in [0.5, 0.6) is 0 Å². The highest BCUT2D eigenvalue weighted by Crippen LogP contribution is 2.33. The molecule has 148 valence electrons. The van der Waals surface area contributed by atoms with Crippen LogP contribution in [0.3, 0.4) is 0 Å². The van der Waals surface area contributed by atoms with E-state index >= 15 is 0 Å². The average Bonchev–Trinajstić information content (AvgIpc) is 3.37. The Morgan fingerprint density at radius 3 is 2.75 bits per heavy atom. The largest absolute Gasteiger partial charge is 0.352 e. The number of carbonyl (C=O) groups is 2. The molecule has 1 atom stereocenters. The normalized spacial score (nSPS) is 18.8. The number of halogens is 2. The zero-order chi connectivity index (χ0) is 19.7. The number of rotatable bonds is 4. The first-order valence-corrected chi connectivity index (χ1v) is 10.5. The van der Waals surface area contributed by atoms with Gasteiger partial charge in [0.15, 0.2) is 0 Å². The Morgan fingerprint density at radius 2 is 1.96 bits per heavy atom. The fourth-order valence-electron chi connectivity index (χ4n) is 3.93. The van der Waals surface area contributed by atoms with E-state index in [4.69, 9.17) is 0 Å². The monoisotopic (exact) mass is 404 g/mol. The van der Waals surface area contributed by atoms with Gasteiger partial charge < -0.3 is 10.2 Å². The topological polar surface area (TPSA) is 49.4 Å². The second-order valence-electron chi connectivity index (χ2n) is 7.45. The summed E-state index contributed by atoms with van der Waals surface area (Å²) >= 11 is 1.54. The van der Waals surface area contributed by atoms with Gasteiger partial charge in [-0.05, 0) is 61.9 Å². The molecule has 2 heterocycles. The van der Waals surface area contributed by atoms with E-state index in [9.17, 15) is 18.4 Å². The number of hydrogen-bond acceptors (Lipinski definition) is 3. The summed E-state index contributed by atoms with van der Waals surface area (Å²) in [5, 5.41) is 2.72. The van der Waals surface area contributed by atoms with Crippen LogP contribution in [0.2, 0.25) is 0 Å². The number of amides is 2. The summed E-state index contributed by atoms with van der Waals surface area (Å²) in [6.07, 6.45) is 4.16. The Morgan fingerprint density at radius 1 is 1.18 bits per heavy atom. The third-order valence-corrected chi connectivity index (χ3v) is 6.74. The SMILES string of the molecule is O=C(NCc1cc(F)ccc1F)[C@@H]1CCc2sc(C(=O)N3CCCC3)cc2C1. The summed E-state index contributed by atoms with van der Waals surface area (Å²) in [6.45, 7) is 1.61. The van der Waals surface area contributed by atoms with Gasteiger partial charge in [0.05, 0.1) is 4.88 Å². The van der Waals surface area contributed by atoms with E-state index < -0.39 is 11.6 Å². The molecule has 1 aliphatic carbocycles. The van der Waals surface area contributed by atoms with E-state index in [1.165, 1.54) is 4.88 Å². The molecule has 1 fully saturated rings. The molecule has 1 aliphatic heterocycles. The number of nitrogens with zero attached hydrogens (tertiary/aromatic N) is 1. The molecule has 0 saturated carbocycles. The van der Waals surface area contributed by atoms with Crippen LogP contribution >= 0.6 is 11.3 Å². The third kappa shape index (κ3) is 3.94. The first kappa shape index (κ1) is 19.1. The van der Waals surface area contributed by atoms with Crippen molar-refractivity contribution < 1.29 is 18.4 Å². The molecule has 1 N–H and O–H groups in total. The first-order valence-electron chi connectivity index (χ1n) is 9.64. The van der Waals surface area contributed by atoms with Gasteiger partial charge in [-0.2, -0.15) is 0 Å². The minimum Gasteiger partial charge on any atom is -0.352 e. The Balaban J connectivity index is 1.38. The number of hydrogen-bond donors (Lipinski definition) is 1. The molecule has 7 heteroatoms. The summed E-state index contributed by atoms with van der Waals surface area (Å²) < 4.78 is 27.0. The molecule has 4 rings (SSSR count). The van der Waals surface area contributed by atoms with Crippen molar-refractivity contribution in [2.24, 2.45) is 5.92 Å². The molecular weight excluding hydrogens is 382 g/mol. The van der Waals surface area contributed by atoms with E-state index in [2.05, 4.69) is 5.32 Å². The van der Waals surface area contributed by atoms with Crippen LogP contribution in [0.1, 0.15) is 44.9 Å². The van der Waals surface area contributed by atoms with Crippen molar-refractivity contribution in [1.82, 2.24) is 10.2 Å². The van der Waals surface area contributed by atoms with E-state index in [1.54, 1.807) is 11.3 Å². The molecule has 28 heavy (non-hydrogen) atoms. The van der Waals surface area contributed by atoms with Crippen molar-refractivity contribution in [3.05, 3.63) is 56.8 Å². The molecule has 2 aliphatic rings. The van der Waals surface area contributed by atoms with Gasteiger partial charge in [-0.3, -0.25) is 9.59 Å². The molecule has 0 bridgehead atoms. The Kier molecular flexibility index (Phi) is 5.44. The second-order valence-corrected chi connectivity index (χ2v) is 8.59. The number of carbonyl (C=O) groups excluding carboxylic acids is 2. The van der Waals surface area contributed by atoms with Crippen molar-refractivity contribution in [3.63, 3.8) is 0 Å². The van der Waals surface area contributed by atoms with Crippen LogP contribution in [0.4, 0.5) is 8.78 Å². The van der Waals surface area contributed by atoms with Gasteiger partial charge in [-0.15, -0.1) is 11.3 Å². The van der Waals surface area contributed by atoms with E-state index in [1.807, 2.05) is 11.0 Å². The summed E-state index contributed by atoms with van der Waals surface area (Å²) in [7, 11) is 0. The highest BCUT2D eigenvalue weighted by atomic mass is 32.1. The first-order chi connectivity index (χ1) is 13.5. The summed E-state index contributed by atoms with van der Waals surface area (Å²) in [5.41, 5.74) is 1.20. The highest BCUT2D eigenvalue weighted by Gasteiger charge is 2.29. The standard InChI is InChI=1S/C21H22F2N2O2S/c22-16-4-5-17(23)15(10-16)12-24-20(26)13-3-6-18-14(9-13)11-19(28-18)21(27)25-7-1-2-8-25/h4-5,10-11,13H,1-3,6-9,12H2,(H,24,26)/t13-/m1/s1. The van der Waals surface area contributed by atoms with E-state index in [-0.39, 0.29) is 29.8 Å². The van der Waals surface area contributed by atoms with Crippen LogP contribution in [0.15, 0.2) is 24.3 Å². The van der Waals surface area contributed by atoms with Crippen molar-refractivity contribution in [1.29, 1.82) is 0 Å². The van der Waals surface area contributed by atoms with Gasteiger partial charge in [0, 0.05) is 36.0 Å². The lowest BCUT2D eigenvalue weighted by molar-refractivity contribution is -0.125. The van der Waals surface area contributed by atoms with Crippen molar-refractivity contribution in [3.8, 4) is 0 Å². The molecule has 1 saturated heterocycles. The number of aryl methyl sites for hydroxylation is 1. The minimum atomic E-state index is -0.532. The Bertz CT molecular complexity index is 906. The van der Waals surface area contributed by atoms with Crippen molar-refractivity contribution >= 4 is 23.2 Å². The average molecular weight is 404 g/mol. The lowest BCUT2D eigenvalue weighted by Gasteiger charge is -2.21. The van der Waals surface area contributed by atoms with Crippen LogP contribution in [0, 0.1) is 17.6 Å². The Hall–Kier alpha value is -2.28. The van der Waals surface area contributed by atoms with Gasteiger partial charge in [0.2, 0.25) is 5.91 Å². The fraction of sp³-hybridized carbons (Fsp3) is 0.429. The molecule has 0 unspecified atom stereocenters. The van der Waals surface area contributed by atoms with Gasteiger partial charge in [-0.1, -0.05) is 0 Å². The number of nitrogens with one attached hydrogen (secondary N) is 1. The van der Waals surface area contributed by atoms with Crippen molar-refractivity contribution in [2.75, 3.05) is 13.1 Å². The molecule has 1 aromatic heterocycles. The summed E-state index contributed by atoms with van der Waals surface area (Å²) in [5.74, 6) is -1.34. The maximum Gasteiger partial charge on any atom is 0.263 e. The van der Waals surface area contributed by atoms with E-state index in [0.717, 1.165) is 61.0 Å². The zero-order valence-electron chi connectivity index (χ0n) is 15.5.